The molecule has 0 aliphatic carbocycles. The van der Waals surface area contributed by atoms with E-state index in [0.29, 0.717) is 6.61 Å². The Bertz CT molecular complexity index is 840. The van der Waals surface area contributed by atoms with Crippen LogP contribution >= 0.6 is 0 Å². The summed E-state index contributed by atoms with van der Waals surface area (Å²) in [6.07, 6.45) is 19.0. The predicted octanol–water partition coefficient (Wildman–Crippen LogP) is 7.18. The van der Waals surface area contributed by atoms with Gasteiger partial charge >= 0.3 is 0 Å². The van der Waals surface area contributed by atoms with Crippen molar-refractivity contribution in [2.24, 2.45) is 4.99 Å². The van der Waals surface area contributed by atoms with Gasteiger partial charge in [-0.2, -0.15) is 0 Å². The first-order valence-electron chi connectivity index (χ1n) is 11.8. The number of nitrogens with zero attached hydrogens (tertiary/aromatic N) is 1. The van der Waals surface area contributed by atoms with Gasteiger partial charge in [-0.1, -0.05) is 58.8 Å². The molecular weight excluding hydrogens is 370 g/mol. The lowest BCUT2D eigenvalue weighted by atomic mass is 10.1. The van der Waals surface area contributed by atoms with Crippen molar-refractivity contribution in [2.75, 3.05) is 6.61 Å². The molecule has 0 bridgehead atoms. The third-order valence-electron chi connectivity index (χ3n) is 5.46. The van der Waals surface area contributed by atoms with Gasteiger partial charge in [0, 0.05) is 23.7 Å². The minimum Gasteiger partial charge on any atom is -0.491 e. The maximum Gasteiger partial charge on any atom is 0.147 e. The lowest BCUT2D eigenvalue weighted by Gasteiger charge is -2.05. The second-order valence-electron chi connectivity index (χ2n) is 8.13. The number of allylic oxidation sites excluding steroid dienone is 1. The van der Waals surface area contributed by atoms with Crippen LogP contribution in [0.4, 0.5) is 0 Å². The number of aliphatic imine (C=N–C) groups is 1. The van der Waals surface area contributed by atoms with Gasteiger partial charge in [-0.3, -0.25) is 0 Å². The highest BCUT2D eigenvalue weighted by Gasteiger charge is 2.18. The summed E-state index contributed by atoms with van der Waals surface area (Å²) in [5.74, 6) is 0.848. The van der Waals surface area contributed by atoms with Gasteiger partial charge in [0.05, 0.1) is 18.0 Å². The van der Waals surface area contributed by atoms with Crippen LogP contribution in [0.3, 0.4) is 0 Å². The minimum atomic E-state index is 0.700. The van der Waals surface area contributed by atoms with Gasteiger partial charge in [-0.25, -0.2) is 4.99 Å². The van der Waals surface area contributed by atoms with Gasteiger partial charge in [-0.15, -0.1) is 0 Å². The molecule has 2 aromatic rings. The third kappa shape index (κ3) is 6.79. The first-order valence-corrected chi connectivity index (χ1v) is 11.8. The number of aromatic nitrogens is 2. The number of aromatic amines is 2. The zero-order valence-electron chi connectivity index (χ0n) is 18.7. The Morgan fingerprint density at radius 3 is 2.47 bits per heavy atom. The Morgan fingerprint density at radius 2 is 1.73 bits per heavy atom. The number of rotatable bonds is 14. The number of H-pyrrole nitrogens is 2. The van der Waals surface area contributed by atoms with Gasteiger partial charge in [0.2, 0.25) is 0 Å². The second kappa shape index (κ2) is 12.3. The smallest absolute Gasteiger partial charge is 0.147 e. The molecule has 4 heteroatoms. The lowest BCUT2D eigenvalue weighted by Crippen LogP contribution is -1.95. The van der Waals surface area contributed by atoms with E-state index >= 15 is 0 Å². The molecule has 0 saturated heterocycles. The van der Waals surface area contributed by atoms with Crippen molar-refractivity contribution in [1.82, 2.24) is 9.97 Å². The van der Waals surface area contributed by atoms with Gasteiger partial charge in [-0.05, 0) is 49.6 Å². The fraction of sp³-hybridized carbons (Fsp3) is 0.500. The molecule has 4 nitrogen and oxygen atoms in total. The van der Waals surface area contributed by atoms with E-state index in [1.54, 1.807) is 0 Å². The van der Waals surface area contributed by atoms with Crippen LogP contribution in [0.25, 0.3) is 6.08 Å². The molecule has 2 N–H and O–H groups in total. The number of hydrogen-bond donors (Lipinski definition) is 2. The molecule has 0 unspecified atom stereocenters. The molecule has 0 aromatic carbocycles. The van der Waals surface area contributed by atoms with Crippen LogP contribution in [-0.4, -0.2) is 22.3 Å². The van der Waals surface area contributed by atoms with Crippen LogP contribution in [0.5, 0.6) is 0 Å². The summed E-state index contributed by atoms with van der Waals surface area (Å²) in [6.45, 7) is 5.09. The average molecular weight is 408 g/mol. The molecule has 3 rings (SSSR count). The van der Waals surface area contributed by atoms with Gasteiger partial charge in [0.1, 0.15) is 11.5 Å². The molecular formula is C26H37N3O. The number of hydrogen-bond acceptors (Lipinski definition) is 2. The summed E-state index contributed by atoms with van der Waals surface area (Å²) in [4.78, 5) is 11.6. The molecule has 0 radical (unpaired) electrons. The van der Waals surface area contributed by atoms with Gasteiger partial charge in [0.15, 0.2) is 0 Å². The van der Waals surface area contributed by atoms with Crippen LogP contribution in [0.15, 0.2) is 53.0 Å². The Kier molecular flexibility index (Phi) is 9.07. The molecule has 162 valence electrons. The largest absolute Gasteiger partial charge is 0.491 e. The zero-order chi connectivity index (χ0) is 21.0. The maximum atomic E-state index is 5.95. The van der Waals surface area contributed by atoms with E-state index < -0.39 is 0 Å². The molecule has 2 aromatic heterocycles. The Balaban J connectivity index is 1.53. The molecule has 0 spiro atoms. The highest BCUT2D eigenvalue weighted by Crippen LogP contribution is 2.25. The first-order chi connectivity index (χ1) is 14.8. The van der Waals surface area contributed by atoms with Crippen molar-refractivity contribution in [2.45, 2.75) is 78.1 Å². The van der Waals surface area contributed by atoms with Crippen molar-refractivity contribution in [3.63, 3.8) is 0 Å². The van der Waals surface area contributed by atoms with Crippen LogP contribution in [-0.2, 0) is 11.2 Å². The van der Waals surface area contributed by atoms with E-state index in [1.807, 2.05) is 24.4 Å². The molecule has 0 atom stereocenters. The predicted molar refractivity (Wildman–Crippen MR) is 127 cm³/mol. The summed E-state index contributed by atoms with van der Waals surface area (Å²) in [7, 11) is 0. The van der Waals surface area contributed by atoms with Crippen molar-refractivity contribution < 1.29 is 4.74 Å². The molecule has 1 aliphatic heterocycles. The summed E-state index contributed by atoms with van der Waals surface area (Å²) in [5, 5.41) is 0. The lowest BCUT2D eigenvalue weighted by molar-refractivity contribution is 0.222. The molecule has 1 aliphatic rings. The van der Waals surface area contributed by atoms with Gasteiger partial charge < -0.3 is 14.7 Å². The van der Waals surface area contributed by atoms with Crippen molar-refractivity contribution in [1.29, 1.82) is 0 Å². The Morgan fingerprint density at radius 1 is 0.933 bits per heavy atom. The van der Waals surface area contributed by atoms with E-state index in [1.165, 1.54) is 57.1 Å². The van der Waals surface area contributed by atoms with Crippen LogP contribution in [0, 0.1) is 0 Å². The molecule has 0 saturated carbocycles. The highest BCUT2D eigenvalue weighted by molar-refractivity contribution is 6.11. The summed E-state index contributed by atoms with van der Waals surface area (Å²) < 4.78 is 5.95. The number of unbranched alkanes of at least 4 members (excludes halogenated alkanes) is 7. The van der Waals surface area contributed by atoms with E-state index in [2.05, 4.69) is 42.0 Å². The Hall–Kier alpha value is -2.49. The van der Waals surface area contributed by atoms with E-state index in [0.717, 1.165) is 41.4 Å². The number of nitrogens with one attached hydrogen (secondary N) is 2. The fourth-order valence-corrected chi connectivity index (χ4v) is 3.76. The van der Waals surface area contributed by atoms with Crippen molar-refractivity contribution in [3.05, 3.63) is 65.1 Å². The SMILES string of the molecule is CCCCCCCCCCc1ccc(/C=C2\N=C(c3ccc[nH]3)C=C2OCCC)[nH]1. The molecule has 30 heavy (non-hydrogen) atoms. The molecule has 0 amide bonds. The van der Waals surface area contributed by atoms with Crippen LogP contribution < -0.4 is 0 Å². The second-order valence-corrected chi connectivity index (χ2v) is 8.13. The zero-order valence-corrected chi connectivity index (χ0v) is 18.7. The fourth-order valence-electron chi connectivity index (χ4n) is 3.76. The van der Waals surface area contributed by atoms with E-state index in [9.17, 15) is 0 Å². The van der Waals surface area contributed by atoms with Crippen molar-refractivity contribution >= 4 is 11.8 Å². The number of aryl methyl sites for hydroxylation is 1. The summed E-state index contributed by atoms with van der Waals surface area (Å²) >= 11 is 0. The summed E-state index contributed by atoms with van der Waals surface area (Å²) in [5.41, 5.74) is 5.20. The summed E-state index contributed by atoms with van der Waals surface area (Å²) in [6, 6.07) is 8.37. The van der Waals surface area contributed by atoms with Crippen molar-refractivity contribution in [3.8, 4) is 0 Å². The molecule has 3 heterocycles. The monoisotopic (exact) mass is 407 g/mol. The quantitative estimate of drug-likeness (QED) is 0.320. The van der Waals surface area contributed by atoms with Crippen LogP contribution in [0.1, 0.15) is 88.7 Å². The topological polar surface area (TPSA) is 53.2 Å². The normalized spacial score (nSPS) is 14.9. The number of ether oxygens (including phenoxy) is 1. The Labute approximate surface area is 181 Å². The third-order valence-corrected chi connectivity index (χ3v) is 5.46. The van der Waals surface area contributed by atoms with Gasteiger partial charge in [0.25, 0.3) is 0 Å². The van der Waals surface area contributed by atoms with E-state index in [-0.39, 0.29) is 0 Å². The average Bonchev–Trinajstić information content (AvgIpc) is 3.50. The van der Waals surface area contributed by atoms with E-state index in [4.69, 9.17) is 9.73 Å². The maximum absolute atomic E-state index is 5.95. The highest BCUT2D eigenvalue weighted by atomic mass is 16.5. The first kappa shape index (κ1) is 22.2. The van der Waals surface area contributed by atoms with Crippen LogP contribution in [0.2, 0.25) is 0 Å². The molecule has 0 fully saturated rings. The standard InChI is InChI=1S/C26H37N3O/c1-3-5-6-7-8-9-10-11-13-21-15-16-22(28-21)19-25-26(30-18-4-2)20-24(29-25)23-14-12-17-27-23/h12,14-17,19-20,27-28H,3-11,13,18H2,1-2H3/b25-19-. The minimum absolute atomic E-state index is 0.700.